The molecule has 0 rings (SSSR count). The third kappa shape index (κ3) is 6.65. The van der Waals surface area contributed by atoms with E-state index in [1.165, 1.54) is 0 Å². The molecule has 0 fully saturated rings. The molecule has 0 heterocycles. The van der Waals surface area contributed by atoms with Gasteiger partial charge in [0.1, 0.15) is 0 Å². The Morgan fingerprint density at radius 2 is 1.26 bits per heavy atom. The van der Waals surface area contributed by atoms with Gasteiger partial charge in [0.2, 0.25) is 0 Å². The van der Waals surface area contributed by atoms with E-state index >= 15 is 0 Å². The Hall–Kier alpha value is 0.370. The summed E-state index contributed by atoms with van der Waals surface area (Å²) < 4.78 is 62.2. The van der Waals surface area contributed by atoms with Crippen molar-refractivity contribution in [3.63, 3.8) is 0 Å². The van der Waals surface area contributed by atoms with Crippen molar-refractivity contribution in [1.82, 2.24) is 0 Å². The van der Waals surface area contributed by atoms with Gasteiger partial charge in [-0.3, -0.25) is 0 Å². The van der Waals surface area contributed by atoms with Gasteiger partial charge in [0.05, 0.1) is 0 Å². The van der Waals surface area contributed by atoms with Gasteiger partial charge in [-0.25, -0.2) is 0 Å². The average molecular weight is 380 g/mol. The molecule has 0 N–H and O–H groups in total. The summed E-state index contributed by atoms with van der Waals surface area (Å²) in [6, 6.07) is 0. The van der Waals surface area contributed by atoms with Gasteiger partial charge in [0, 0.05) is 0 Å². The van der Waals surface area contributed by atoms with Gasteiger partial charge in [-0.15, -0.1) is 0 Å². The predicted molar refractivity (Wildman–Crippen MR) is 93.9 cm³/mol. The maximum atomic E-state index is 13.3. The maximum absolute atomic E-state index is 13.3. The Kier molecular flexibility index (Phi) is 9.32. The van der Waals surface area contributed by atoms with E-state index in [1.54, 1.807) is 0 Å². The van der Waals surface area contributed by atoms with Crippen LogP contribution in [-0.4, -0.2) is 38.2 Å². The van der Waals surface area contributed by atoms with Gasteiger partial charge in [0.25, 0.3) is 0 Å². The van der Waals surface area contributed by atoms with Crippen molar-refractivity contribution in [2.45, 2.75) is 65.2 Å². The summed E-state index contributed by atoms with van der Waals surface area (Å²) >= 11 is 0. The number of unbranched alkanes of at least 4 members (excludes halogenated alkanes) is 3. The van der Waals surface area contributed by atoms with Crippen molar-refractivity contribution < 1.29 is 26.6 Å². The summed E-state index contributed by atoms with van der Waals surface area (Å²) in [5.41, 5.74) is 0. The summed E-state index contributed by atoms with van der Waals surface area (Å²) in [5, 5.41) is 0. The number of rotatable bonds is 12. The molecular formula is C15H33F3O3P2. The molecular weight excluding hydrogens is 347 g/mol. The van der Waals surface area contributed by atoms with Crippen LogP contribution in [0.4, 0.5) is 13.2 Å². The van der Waals surface area contributed by atoms with E-state index in [1.807, 2.05) is 27.4 Å². The van der Waals surface area contributed by atoms with Crippen LogP contribution in [0.3, 0.4) is 0 Å². The van der Waals surface area contributed by atoms with Gasteiger partial charge < -0.3 is 0 Å². The first-order valence-corrected chi connectivity index (χ1v) is 13.1. The van der Waals surface area contributed by atoms with Crippen molar-refractivity contribution in [2.75, 3.05) is 32.3 Å². The molecule has 3 nitrogen and oxygen atoms in total. The summed E-state index contributed by atoms with van der Waals surface area (Å²) in [6.07, 6.45) is 6.68. The monoisotopic (exact) mass is 380 g/mol. The van der Waals surface area contributed by atoms with Crippen LogP contribution in [0, 0.1) is 0 Å². The third-order valence-electron chi connectivity index (χ3n) is 4.34. The third-order valence-corrected chi connectivity index (χ3v) is 13.1. The van der Waals surface area contributed by atoms with Crippen LogP contribution >= 0.6 is 14.4 Å². The Bertz CT molecular complexity index is 375. The van der Waals surface area contributed by atoms with E-state index in [4.69, 9.17) is 4.31 Å². The molecule has 0 aromatic rings. The Morgan fingerprint density at radius 3 is 1.48 bits per heavy atom. The first kappa shape index (κ1) is 23.4. The molecule has 1 unspecified atom stereocenters. The Balaban J connectivity index is 5.81. The standard InChI is InChI=1S/C15H33F3O3P2/c1-6-9-12-23(5,13-10-7-2,14-11-8-3)21-22(19,20-4)15(16,17)18/h6-14H2,1-5H3. The molecule has 8 heteroatoms. The zero-order valence-corrected chi connectivity index (χ0v) is 16.9. The fraction of sp³-hybridized carbons (Fsp3) is 1.00. The number of hydrogen-bond donors (Lipinski definition) is 0. The zero-order chi connectivity index (χ0) is 18.2. The van der Waals surface area contributed by atoms with Crippen molar-refractivity contribution >= 4 is 14.4 Å². The molecule has 0 bridgehead atoms. The Labute approximate surface area is 139 Å². The van der Waals surface area contributed by atoms with Gasteiger partial charge in [-0.05, 0) is 0 Å². The normalized spacial score (nSPS) is 17.5. The molecule has 1 atom stereocenters. The van der Waals surface area contributed by atoms with Crippen molar-refractivity contribution in [3.05, 3.63) is 0 Å². The summed E-state index contributed by atoms with van der Waals surface area (Å²) in [6.45, 7) is 4.61. The van der Waals surface area contributed by atoms with Crippen LogP contribution in [-0.2, 0) is 13.4 Å². The minimum absolute atomic E-state index is 0.575. The topological polar surface area (TPSA) is 35.5 Å². The van der Waals surface area contributed by atoms with Gasteiger partial charge in [0.15, 0.2) is 0 Å². The second kappa shape index (κ2) is 9.17. The molecule has 0 aliphatic heterocycles. The molecule has 23 heavy (non-hydrogen) atoms. The second-order valence-electron chi connectivity index (χ2n) is 6.65. The fourth-order valence-electron chi connectivity index (χ4n) is 2.79. The fourth-order valence-corrected chi connectivity index (χ4v) is 11.6. The molecule has 0 aromatic heterocycles. The van der Waals surface area contributed by atoms with Crippen LogP contribution in [0.5, 0.6) is 0 Å². The minimum atomic E-state index is -5.13. The second-order valence-corrected chi connectivity index (χ2v) is 14.9. The number of halogens is 3. The van der Waals surface area contributed by atoms with E-state index in [0.717, 1.165) is 45.6 Å². The van der Waals surface area contributed by atoms with E-state index < -0.39 is 20.3 Å². The molecule has 0 aliphatic rings. The molecule has 0 radical (unpaired) electrons. The summed E-state index contributed by atoms with van der Waals surface area (Å²) in [7, 11) is -4.31. The van der Waals surface area contributed by atoms with Gasteiger partial charge >= 0.3 is 138 Å². The number of hydrogen-bond acceptors (Lipinski definition) is 3. The quantitative estimate of drug-likeness (QED) is 0.347. The van der Waals surface area contributed by atoms with E-state index in [9.17, 15) is 17.7 Å². The number of alkyl halides is 3. The SMILES string of the molecule is CCCCP(C)(CCCC)(CCCC)OP(=O)(OC)C(F)(F)F. The van der Waals surface area contributed by atoms with Crippen molar-refractivity contribution in [1.29, 1.82) is 0 Å². The van der Waals surface area contributed by atoms with E-state index in [2.05, 4.69) is 4.52 Å². The molecule has 0 saturated heterocycles. The van der Waals surface area contributed by atoms with Crippen LogP contribution in [0.25, 0.3) is 0 Å². The van der Waals surface area contributed by atoms with Crippen molar-refractivity contribution in [2.24, 2.45) is 0 Å². The Morgan fingerprint density at radius 1 is 0.913 bits per heavy atom. The average Bonchev–Trinajstić information content (AvgIpc) is 2.48. The van der Waals surface area contributed by atoms with Crippen LogP contribution in [0.2, 0.25) is 0 Å². The predicted octanol–water partition coefficient (Wildman–Crippen LogP) is 6.86. The van der Waals surface area contributed by atoms with E-state index in [-0.39, 0.29) is 0 Å². The first-order chi connectivity index (χ1) is 10.5. The molecule has 142 valence electrons. The summed E-state index contributed by atoms with van der Waals surface area (Å²) in [4.78, 5) is 0. The molecule has 0 aromatic carbocycles. The molecule has 0 spiro atoms. The summed E-state index contributed by atoms with van der Waals surface area (Å²) in [5.74, 6) is -4.98. The van der Waals surface area contributed by atoms with Crippen molar-refractivity contribution in [3.8, 4) is 0 Å². The van der Waals surface area contributed by atoms with Crippen LogP contribution in [0.15, 0.2) is 0 Å². The molecule has 0 aliphatic carbocycles. The molecule has 0 amide bonds. The van der Waals surface area contributed by atoms with Crippen LogP contribution < -0.4 is 0 Å². The first-order valence-electron chi connectivity index (χ1n) is 8.45. The molecule has 0 saturated carbocycles. The zero-order valence-electron chi connectivity index (χ0n) is 15.1. The van der Waals surface area contributed by atoms with Crippen LogP contribution in [0.1, 0.15) is 59.3 Å². The van der Waals surface area contributed by atoms with Gasteiger partial charge in [-0.2, -0.15) is 0 Å². The van der Waals surface area contributed by atoms with Gasteiger partial charge in [-0.1, -0.05) is 0 Å². The van der Waals surface area contributed by atoms with E-state index in [0.29, 0.717) is 18.5 Å².